The molecule has 0 saturated heterocycles. The maximum absolute atomic E-state index is 3.79. The zero-order valence-electron chi connectivity index (χ0n) is 9.87. The highest BCUT2D eigenvalue weighted by Gasteiger charge is 1.87. The van der Waals surface area contributed by atoms with Gasteiger partial charge in [0.1, 0.15) is 0 Å². The molecule has 1 aromatic carbocycles. The normalized spacial score (nSPS) is 10.4. The molecule has 0 amide bonds. The smallest absolute Gasteiger partial charge is 0.0245 e. The Morgan fingerprint density at radius 2 is 2.06 bits per heavy atom. The van der Waals surface area contributed by atoms with Crippen LogP contribution in [0.15, 0.2) is 48.6 Å². The Kier molecular flexibility index (Phi) is 5.81. The van der Waals surface area contributed by atoms with Crippen molar-refractivity contribution in [3.05, 3.63) is 54.1 Å². The first kappa shape index (κ1) is 12.3. The van der Waals surface area contributed by atoms with Crippen molar-refractivity contribution < 1.29 is 0 Å². The van der Waals surface area contributed by atoms with Gasteiger partial charge in [-0.05, 0) is 18.1 Å². The van der Waals surface area contributed by atoms with E-state index in [1.54, 1.807) is 0 Å². The maximum atomic E-state index is 3.79. The van der Waals surface area contributed by atoms with E-state index in [1.165, 1.54) is 18.4 Å². The number of allylic oxidation sites excluding steroid dienone is 2. The average Bonchev–Trinajstić information content (AvgIpc) is 2.34. The highest BCUT2D eigenvalue weighted by atomic mass is 13.9. The van der Waals surface area contributed by atoms with Crippen LogP contribution in [0.1, 0.15) is 31.7 Å². The van der Waals surface area contributed by atoms with Gasteiger partial charge in [-0.15, -0.1) is 0 Å². The van der Waals surface area contributed by atoms with Crippen molar-refractivity contribution in [2.24, 2.45) is 0 Å². The van der Waals surface area contributed by atoms with Gasteiger partial charge in [0.2, 0.25) is 0 Å². The van der Waals surface area contributed by atoms with Gasteiger partial charge < -0.3 is 0 Å². The van der Waals surface area contributed by atoms with Gasteiger partial charge in [-0.2, -0.15) is 0 Å². The summed E-state index contributed by atoms with van der Waals surface area (Å²) in [5.74, 6) is 6.31. The molecule has 0 aliphatic heterocycles. The molecule has 0 bridgehead atoms. The largest absolute Gasteiger partial charge is 0.0979 e. The van der Waals surface area contributed by atoms with Gasteiger partial charge in [0.15, 0.2) is 0 Å². The molecule has 0 aliphatic rings. The Morgan fingerprint density at radius 1 is 1.31 bits per heavy atom. The summed E-state index contributed by atoms with van der Waals surface area (Å²) in [7, 11) is 0. The molecule has 0 aromatic heterocycles. The average molecular weight is 210 g/mol. The van der Waals surface area contributed by atoms with Gasteiger partial charge >= 0.3 is 0 Å². The minimum absolute atomic E-state index is 0.969. The van der Waals surface area contributed by atoms with Crippen molar-refractivity contribution in [3.63, 3.8) is 0 Å². The molecule has 0 heterocycles. The highest BCUT2D eigenvalue weighted by Crippen LogP contribution is 2.06. The predicted octanol–water partition coefficient (Wildman–Crippen LogP) is 4.45. The van der Waals surface area contributed by atoms with Crippen LogP contribution >= 0.6 is 0 Å². The van der Waals surface area contributed by atoms with Crippen LogP contribution in [0.25, 0.3) is 6.08 Å². The van der Waals surface area contributed by atoms with Crippen molar-refractivity contribution in [2.45, 2.75) is 26.2 Å². The summed E-state index contributed by atoms with van der Waals surface area (Å²) in [5, 5.41) is 0. The molecule has 0 atom stereocenters. The number of hydrogen-bond acceptors (Lipinski definition) is 0. The van der Waals surface area contributed by atoms with Crippen molar-refractivity contribution in [2.75, 3.05) is 0 Å². The van der Waals surface area contributed by atoms with E-state index in [1.807, 2.05) is 24.3 Å². The topological polar surface area (TPSA) is 0 Å². The number of rotatable bonds is 4. The van der Waals surface area contributed by atoms with Crippen molar-refractivity contribution in [1.82, 2.24) is 0 Å². The molecule has 0 saturated carbocycles. The van der Waals surface area contributed by atoms with Crippen LogP contribution in [0.2, 0.25) is 0 Å². The molecule has 0 N–H and O–H groups in total. The molecular formula is C16H18. The Labute approximate surface area is 98.7 Å². The van der Waals surface area contributed by atoms with E-state index >= 15 is 0 Å². The third kappa shape index (κ3) is 4.66. The lowest BCUT2D eigenvalue weighted by Crippen LogP contribution is -1.75. The summed E-state index contributed by atoms with van der Waals surface area (Å²) in [4.78, 5) is 0. The lowest BCUT2D eigenvalue weighted by atomic mass is 10.1. The van der Waals surface area contributed by atoms with Crippen LogP contribution in [0.5, 0.6) is 0 Å². The molecule has 82 valence electrons. The molecular weight excluding hydrogens is 192 g/mol. The third-order valence-electron chi connectivity index (χ3n) is 2.23. The molecule has 0 radical (unpaired) electrons. The summed E-state index contributed by atoms with van der Waals surface area (Å²) < 4.78 is 0. The summed E-state index contributed by atoms with van der Waals surface area (Å²) in [6.07, 6.45) is 7.21. The van der Waals surface area contributed by atoms with Crippen molar-refractivity contribution in [1.29, 1.82) is 0 Å². The van der Waals surface area contributed by atoms with Crippen LogP contribution in [0, 0.1) is 11.8 Å². The zero-order chi connectivity index (χ0) is 11.6. The van der Waals surface area contributed by atoms with Crippen LogP contribution in [-0.4, -0.2) is 0 Å². The Hall–Kier alpha value is -1.74. The zero-order valence-corrected chi connectivity index (χ0v) is 9.87. The van der Waals surface area contributed by atoms with Crippen LogP contribution in [-0.2, 0) is 0 Å². The molecule has 1 aromatic rings. The molecule has 0 unspecified atom stereocenters. The highest BCUT2D eigenvalue weighted by molar-refractivity contribution is 5.61. The third-order valence-corrected chi connectivity index (χ3v) is 2.23. The van der Waals surface area contributed by atoms with Gasteiger partial charge in [0, 0.05) is 12.0 Å². The lowest BCUT2D eigenvalue weighted by molar-refractivity contribution is 0.828. The second-order valence-electron chi connectivity index (χ2n) is 3.62. The predicted molar refractivity (Wildman–Crippen MR) is 71.9 cm³/mol. The molecule has 0 heteroatoms. The summed E-state index contributed by atoms with van der Waals surface area (Å²) in [6, 6.07) is 10.2. The van der Waals surface area contributed by atoms with E-state index in [-0.39, 0.29) is 0 Å². The second kappa shape index (κ2) is 7.54. The van der Waals surface area contributed by atoms with E-state index in [0.29, 0.717) is 0 Å². The minimum Gasteiger partial charge on any atom is -0.0979 e. The fourth-order valence-corrected chi connectivity index (χ4v) is 1.30. The number of benzene rings is 1. The molecule has 0 fully saturated rings. The van der Waals surface area contributed by atoms with Crippen LogP contribution in [0.4, 0.5) is 0 Å². The van der Waals surface area contributed by atoms with Gasteiger partial charge in [-0.3, -0.25) is 0 Å². The Morgan fingerprint density at radius 3 is 2.69 bits per heavy atom. The molecule has 1 rings (SSSR count). The first-order chi connectivity index (χ1) is 7.86. The van der Waals surface area contributed by atoms with Crippen LogP contribution in [0.3, 0.4) is 0 Å². The Balaban J connectivity index is 2.70. The lowest BCUT2D eigenvalue weighted by Gasteiger charge is -1.93. The first-order valence-corrected chi connectivity index (χ1v) is 5.75. The van der Waals surface area contributed by atoms with E-state index in [9.17, 15) is 0 Å². The second-order valence-corrected chi connectivity index (χ2v) is 3.62. The molecule has 0 spiro atoms. The van der Waals surface area contributed by atoms with E-state index < -0.39 is 0 Å². The molecule has 16 heavy (non-hydrogen) atoms. The van der Waals surface area contributed by atoms with Gasteiger partial charge in [0.25, 0.3) is 0 Å². The Bertz CT molecular complexity index is 399. The number of hydrogen-bond donors (Lipinski definition) is 0. The molecule has 0 nitrogen and oxygen atoms in total. The molecule has 0 aliphatic carbocycles. The van der Waals surface area contributed by atoms with Gasteiger partial charge in [-0.25, -0.2) is 0 Å². The SMILES string of the molecule is C=C/C(C#CCCCC)=C/c1ccccc1. The summed E-state index contributed by atoms with van der Waals surface area (Å²) >= 11 is 0. The fraction of sp³-hybridized carbons (Fsp3) is 0.250. The van der Waals surface area contributed by atoms with Gasteiger partial charge in [0.05, 0.1) is 0 Å². The minimum atomic E-state index is 0.969. The monoisotopic (exact) mass is 210 g/mol. The number of unbranched alkanes of at least 4 members (excludes halogenated alkanes) is 2. The quantitative estimate of drug-likeness (QED) is 0.391. The van der Waals surface area contributed by atoms with Crippen molar-refractivity contribution >= 4 is 6.08 Å². The van der Waals surface area contributed by atoms with Crippen LogP contribution < -0.4 is 0 Å². The van der Waals surface area contributed by atoms with E-state index in [2.05, 4.69) is 43.6 Å². The first-order valence-electron chi connectivity index (χ1n) is 5.75. The maximum Gasteiger partial charge on any atom is 0.0245 e. The summed E-state index contributed by atoms with van der Waals surface area (Å²) in [5.41, 5.74) is 2.16. The van der Waals surface area contributed by atoms with E-state index in [0.717, 1.165) is 12.0 Å². The fourth-order valence-electron chi connectivity index (χ4n) is 1.30. The standard InChI is InChI=1S/C16H18/c1-3-5-6-8-11-15(4-2)14-16-12-9-7-10-13-16/h4,7,9-10,12-14H,2-3,5-6H2,1H3/b15-14-. The van der Waals surface area contributed by atoms with Crippen molar-refractivity contribution in [3.8, 4) is 11.8 Å². The van der Waals surface area contributed by atoms with Gasteiger partial charge in [-0.1, -0.05) is 68.2 Å². The van der Waals surface area contributed by atoms with E-state index in [4.69, 9.17) is 0 Å². The summed E-state index contributed by atoms with van der Waals surface area (Å²) in [6.45, 7) is 5.96.